The highest BCUT2D eigenvalue weighted by atomic mass is 16.7. The van der Waals surface area contributed by atoms with Crippen LogP contribution in [0.25, 0.3) is 0 Å². The van der Waals surface area contributed by atoms with E-state index in [4.69, 9.17) is 9.47 Å². The van der Waals surface area contributed by atoms with Crippen LogP contribution in [0.5, 0.6) is 0 Å². The predicted molar refractivity (Wildman–Crippen MR) is 265 cm³/mol. The molecule has 0 aromatic rings. The molecule has 0 bridgehead atoms. The molecule has 9 atom stereocenters. The number of hydrogen-bond acceptors (Lipinski definition) is 10. The molecule has 8 N–H and O–H groups in total. The first-order valence-corrected chi connectivity index (χ1v) is 26.9. The van der Waals surface area contributed by atoms with E-state index in [1.165, 1.54) is 135 Å². The Balaban J connectivity index is 2.41. The summed E-state index contributed by atoms with van der Waals surface area (Å²) in [5.74, 6) is -0.718. The maximum Gasteiger partial charge on any atom is 0.249 e. The van der Waals surface area contributed by atoms with E-state index in [0.29, 0.717) is 19.3 Å². The van der Waals surface area contributed by atoms with Crippen LogP contribution in [0, 0.1) is 0 Å². The van der Waals surface area contributed by atoms with Crippen molar-refractivity contribution in [2.45, 2.75) is 287 Å². The van der Waals surface area contributed by atoms with Crippen molar-refractivity contribution in [3.05, 3.63) is 36.5 Å². The van der Waals surface area contributed by atoms with Crippen LogP contribution in [-0.2, 0) is 14.3 Å². The van der Waals surface area contributed by atoms with Gasteiger partial charge in [0.1, 0.15) is 36.6 Å². The Kier molecular flexibility index (Phi) is 41.1. The third kappa shape index (κ3) is 32.7. The lowest BCUT2D eigenvalue weighted by Gasteiger charge is -2.40. The molecule has 9 unspecified atom stereocenters. The molecule has 65 heavy (non-hydrogen) atoms. The van der Waals surface area contributed by atoms with Crippen molar-refractivity contribution in [3.63, 3.8) is 0 Å². The smallest absolute Gasteiger partial charge is 0.249 e. The summed E-state index contributed by atoms with van der Waals surface area (Å²) in [6, 6.07) is -1.20. The van der Waals surface area contributed by atoms with Crippen molar-refractivity contribution < 1.29 is 50.0 Å². The van der Waals surface area contributed by atoms with E-state index in [1.54, 1.807) is 0 Å². The molecule has 1 amide bonds. The maximum absolute atomic E-state index is 13.1. The number of aliphatic hydroxyl groups excluding tert-OH is 7. The van der Waals surface area contributed by atoms with Gasteiger partial charge in [0.15, 0.2) is 6.29 Å². The van der Waals surface area contributed by atoms with Crippen LogP contribution in [0.1, 0.15) is 232 Å². The molecule has 0 spiro atoms. The lowest BCUT2D eigenvalue weighted by Crippen LogP contribution is -2.60. The molecular formula is C54H101NO10. The van der Waals surface area contributed by atoms with E-state index in [9.17, 15) is 40.5 Å². The maximum atomic E-state index is 13.1. The number of nitrogens with one attached hydrogen (secondary N) is 1. The van der Waals surface area contributed by atoms with Gasteiger partial charge in [-0.15, -0.1) is 0 Å². The third-order valence-electron chi connectivity index (χ3n) is 12.9. The number of rotatable bonds is 45. The average Bonchev–Trinajstić information content (AvgIpc) is 3.31. The van der Waals surface area contributed by atoms with E-state index >= 15 is 0 Å². The zero-order valence-corrected chi connectivity index (χ0v) is 41.5. The molecule has 1 fully saturated rings. The topological polar surface area (TPSA) is 189 Å². The highest BCUT2D eigenvalue weighted by molar-refractivity contribution is 5.80. The van der Waals surface area contributed by atoms with Gasteiger partial charge in [-0.05, 0) is 77.0 Å². The predicted octanol–water partition coefficient (Wildman–Crippen LogP) is 10.3. The minimum atomic E-state index is -1.67. The zero-order valence-electron chi connectivity index (χ0n) is 41.5. The number of amides is 1. The summed E-state index contributed by atoms with van der Waals surface area (Å²) >= 11 is 0. The Morgan fingerprint density at radius 3 is 1.37 bits per heavy atom. The normalized spacial score (nSPS) is 21.2. The van der Waals surface area contributed by atoms with E-state index in [-0.39, 0.29) is 12.8 Å². The van der Waals surface area contributed by atoms with E-state index < -0.39 is 74.2 Å². The number of ether oxygens (including phenoxy) is 2. The molecule has 1 aliphatic rings. The van der Waals surface area contributed by atoms with E-state index in [0.717, 1.165) is 51.4 Å². The zero-order chi connectivity index (χ0) is 47.6. The van der Waals surface area contributed by atoms with Gasteiger partial charge < -0.3 is 50.5 Å². The molecule has 0 aromatic heterocycles. The van der Waals surface area contributed by atoms with Crippen LogP contribution in [0.4, 0.5) is 0 Å². The van der Waals surface area contributed by atoms with Gasteiger partial charge in [0.25, 0.3) is 0 Å². The van der Waals surface area contributed by atoms with Crippen LogP contribution < -0.4 is 5.32 Å². The first-order chi connectivity index (χ1) is 31.7. The Morgan fingerprint density at radius 1 is 0.523 bits per heavy atom. The Labute approximate surface area is 397 Å². The Morgan fingerprint density at radius 2 is 0.923 bits per heavy atom. The van der Waals surface area contributed by atoms with Crippen LogP contribution in [0.2, 0.25) is 0 Å². The molecule has 1 rings (SSSR count). The summed E-state index contributed by atoms with van der Waals surface area (Å²) in [5.41, 5.74) is 0. The fourth-order valence-electron chi connectivity index (χ4n) is 8.45. The largest absolute Gasteiger partial charge is 0.394 e. The van der Waals surface area contributed by atoms with Crippen molar-refractivity contribution in [2.75, 3.05) is 13.2 Å². The summed E-state index contributed by atoms with van der Waals surface area (Å²) in [5, 5.41) is 75.9. The van der Waals surface area contributed by atoms with E-state index in [2.05, 4.69) is 55.6 Å². The first kappa shape index (κ1) is 61.3. The molecule has 1 aliphatic heterocycles. The summed E-state index contributed by atoms with van der Waals surface area (Å²) in [6.45, 7) is 3.43. The second kappa shape index (κ2) is 43.6. The standard InChI is InChI=1S/C54H101NO10/c1-3-5-7-9-11-13-15-17-19-21-22-23-24-26-27-29-31-33-35-37-39-41-46(57)49(59)45(44-64-54-52(62)51(61)50(60)48(43-56)65-54)55-53(63)47(58)42-40-38-36-34-32-30-28-25-20-18-16-14-12-10-8-6-4-2/h26-28,30,33,35,45-52,54,56-62H,3-25,29,31-32,34,36-44H2,1-2H3,(H,55,63)/b27-26+,30-28-,35-33+. The van der Waals surface area contributed by atoms with Gasteiger partial charge in [0, 0.05) is 0 Å². The van der Waals surface area contributed by atoms with Crippen molar-refractivity contribution >= 4 is 5.91 Å². The molecule has 0 aliphatic carbocycles. The molecule has 0 saturated carbocycles. The Hall–Kier alpha value is -1.67. The molecular weight excluding hydrogens is 823 g/mol. The molecule has 382 valence electrons. The Bertz CT molecular complexity index is 1150. The fourth-order valence-corrected chi connectivity index (χ4v) is 8.45. The van der Waals surface area contributed by atoms with Crippen molar-refractivity contribution in [2.24, 2.45) is 0 Å². The molecule has 11 heteroatoms. The summed E-state index contributed by atoms with van der Waals surface area (Å²) < 4.78 is 11.1. The van der Waals surface area contributed by atoms with Gasteiger partial charge >= 0.3 is 0 Å². The van der Waals surface area contributed by atoms with Crippen LogP contribution >= 0.6 is 0 Å². The van der Waals surface area contributed by atoms with Gasteiger partial charge in [0.2, 0.25) is 5.91 Å². The van der Waals surface area contributed by atoms with E-state index in [1.807, 2.05) is 0 Å². The number of carbonyl (C=O) groups is 1. The number of carbonyl (C=O) groups excluding carboxylic acids is 1. The monoisotopic (exact) mass is 924 g/mol. The van der Waals surface area contributed by atoms with Crippen LogP contribution in [0.15, 0.2) is 36.5 Å². The summed E-state index contributed by atoms with van der Waals surface area (Å²) in [4.78, 5) is 13.1. The lowest BCUT2D eigenvalue weighted by molar-refractivity contribution is -0.303. The SMILES string of the molecule is CCCCCCCCCCC/C=C\CCCCCCC(O)C(=O)NC(COC1OC(CO)C(O)C(O)C1O)C(O)C(O)CCC/C=C/CC/C=C/CCCCCCCCCCCCCC. The van der Waals surface area contributed by atoms with Gasteiger partial charge in [-0.25, -0.2) is 0 Å². The molecule has 11 nitrogen and oxygen atoms in total. The first-order valence-electron chi connectivity index (χ1n) is 26.9. The second-order valence-electron chi connectivity index (χ2n) is 18.9. The lowest BCUT2D eigenvalue weighted by atomic mass is 9.98. The summed E-state index contributed by atoms with van der Waals surface area (Å²) in [6.07, 6.45) is 40.5. The van der Waals surface area contributed by atoms with Crippen LogP contribution in [-0.4, -0.2) is 110 Å². The molecule has 0 aromatic carbocycles. The van der Waals surface area contributed by atoms with Crippen molar-refractivity contribution in [1.29, 1.82) is 0 Å². The van der Waals surface area contributed by atoms with Crippen molar-refractivity contribution in [1.82, 2.24) is 5.32 Å². The quantitative estimate of drug-likeness (QED) is 0.0216. The average molecular weight is 924 g/mol. The highest BCUT2D eigenvalue weighted by Gasteiger charge is 2.44. The van der Waals surface area contributed by atoms with Crippen molar-refractivity contribution in [3.8, 4) is 0 Å². The van der Waals surface area contributed by atoms with Gasteiger partial charge in [-0.1, -0.05) is 192 Å². The number of unbranched alkanes of at least 4 members (excludes halogenated alkanes) is 27. The van der Waals surface area contributed by atoms with Gasteiger partial charge in [0.05, 0.1) is 25.4 Å². The minimum Gasteiger partial charge on any atom is -0.394 e. The molecule has 1 saturated heterocycles. The van der Waals surface area contributed by atoms with Gasteiger partial charge in [-0.2, -0.15) is 0 Å². The third-order valence-corrected chi connectivity index (χ3v) is 12.9. The summed E-state index contributed by atoms with van der Waals surface area (Å²) in [7, 11) is 0. The fraction of sp³-hybridized carbons (Fsp3) is 0.870. The second-order valence-corrected chi connectivity index (χ2v) is 18.9. The number of hydrogen-bond donors (Lipinski definition) is 8. The molecule has 1 heterocycles. The van der Waals surface area contributed by atoms with Crippen LogP contribution in [0.3, 0.4) is 0 Å². The number of allylic oxidation sites excluding steroid dienone is 6. The van der Waals surface area contributed by atoms with Gasteiger partial charge in [-0.3, -0.25) is 4.79 Å². The minimum absolute atomic E-state index is 0.237. The highest BCUT2D eigenvalue weighted by Crippen LogP contribution is 2.23. The molecule has 0 radical (unpaired) electrons. The number of aliphatic hydroxyl groups is 7.